The molecule has 3 aromatic rings. The first-order valence-corrected chi connectivity index (χ1v) is 9.74. The van der Waals surface area contributed by atoms with Crippen LogP contribution in [-0.2, 0) is 4.74 Å². The van der Waals surface area contributed by atoms with Crippen molar-refractivity contribution in [2.45, 2.75) is 23.0 Å². The predicted molar refractivity (Wildman–Crippen MR) is 98.4 cm³/mol. The quantitative estimate of drug-likeness (QED) is 0.539. The summed E-state index contributed by atoms with van der Waals surface area (Å²) in [6.07, 6.45) is 7.91. The molecule has 0 spiro atoms. The van der Waals surface area contributed by atoms with Crippen molar-refractivity contribution in [2.24, 2.45) is 0 Å². The van der Waals surface area contributed by atoms with Gasteiger partial charge >= 0.3 is 0 Å². The molecule has 7 heteroatoms. The standard InChI is InChI=1S/C17H18N4OS2/c1-22-4-5-23-17-15(18)14-12(10-2-3-10)6-13(21-16(14)24-17)11-7-19-9-20-8-11/h6-10H,2-5,18H2,1H3/p+1. The Kier molecular flexibility index (Phi) is 4.39. The van der Waals surface area contributed by atoms with E-state index < -0.39 is 0 Å². The molecule has 1 fully saturated rings. The average molecular weight is 360 g/mol. The zero-order valence-electron chi connectivity index (χ0n) is 13.4. The largest absolute Gasteiger partial charge is 0.397 e. The molecule has 0 aliphatic heterocycles. The molecule has 0 atom stereocenters. The summed E-state index contributed by atoms with van der Waals surface area (Å²) < 4.78 is 6.29. The van der Waals surface area contributed by atoms with E-state index in [0.29, 0.717) is 5.92 Å². The van der Waals surface area contributed by atoms with Gasteiger partial charge in [-0.1, -0.05) is 4.98 Å². The molecule has 1 aliphatic rings. The van der Waals surface area contributed by atoms with E-state index in [1.54, 1.807) is 36.5 Å². The number of pyridine rings is 1. The van der Waals surface area contributed by atoms with Crippen LogP contribution < -0.4 is 10.7 Å². The van der Waals surface area contributed by atoms with E-state index in [2.05, 4.69) is 16.0 Å². The van der Waals surface area contributed by atoms with Crippen molar-refractivity contribution in [3.8, 4) is 11.3 Å². The zero-order valence-corrected chi connectivity index (χ0v) is 15.0. The van der Waals surface area contributed by atoms with E-state index in [0.717, 1.165) is 43.7 Å². The van der Waals surface area contributed by atoms with Crippen molar-refractivity contribution in [3.63, 3.8) is 0 Å². The van der Waals surface area contributed by atoms with Gasteiger partial charge in [0.2, 0.25) is 0 Å². The minimum absolute atomic E-state index is 0.614. The Bertz CT molecular complexity index is 862. The molecule has 1 saturated carbocycles. The smallest absolute Gasteiger partial charge is 0.283 e. The van der Waals surface area contributed by atoms with Crippen LogP contribution in [0.4, 0.5) is 5.69 Å². The van der Waals surface area contributed by atoms with Crippen molar-refractivity contribution in [2.75, 3.05) is 25.2 Å². The Morgan fingerprint density at radius 2 is 2.33 bits per heavy atom. The summed E-state index contributed by atoms with van der Waals surface area (Å²) in [6, 6.07) is 2.19. The summed E-state index contributed by atoms with van der Waals surface area (Å²) >= 11 is 3.43. The first-order chi connectivity index (χ1) is 11.8. The van der Waals surface area contributed by atoms with Crippen molar-refractivity contribution >= 4 is 39.0 Å². The number of aromatic amines is 1. The Morgan fingerprint density at radius 1 is 1.46 bits per heavy atom. The summed E-state index contributed by atoms with van der Waals surface area (Å²) in [5, 5.41) is 1.15. The Morgan fingerprint density at radius 3 is 3.04 bits per heavy atom. The lowest BCUT2D eigenvalue weighted by Gasteiger charge is -2.06. The molecule has 0 unspecified atom stereocenters. The lowest BCUT2D eigenvalue weighted by atomic mass is 10.0. The second kappa shape index (κ2) is 6.66. The van der Waals surface area contributed by atoms with Gasteiger partial charge < -0.3 is 10.5 Å². The van der Waals surface area contributed by atoms with Crippen molar-refractivity contribution in [1.29, 1.82) is 0 Å². The first kappa shape index (κ1) is 15.8. The van der Waals surface area contributed by atoms with Gasteiger partial charge in [0.1, 0.15) is 11.0 Å². The molecule has 0 aromatic carbocycles. The summed E-state index contributed by atoms with van der Waals surface area (Å²) in [5.74, 6) is 1.51. The fraction of sp³-hybridized carbons (Fsp3) is 0.353. The van der Waals surface area contributed by atoms with E-state index in [1.807, 2.05) is 12.4 Å². The van der Waals surface area contributed by atoms with E-state index >= 15 is 0 Å². The van der Waals surface area contributed by atoms with Gasteiger partial charge in [0.25, 0.3) is 6.33 Å². The molecule has 0 amide bonds. The summed E-state index contributed by atoms with van der Waals surface area (Å²) in [7, 11) is 1.72. The van der Waals surface area contributed by atoms with E-state index in [1.165, 1.54) is 18.4 Å². The number of thiophene rings is 1. The van der Waals surface area contributed by atoms with Gasteiger partial charge in [-0.15, -0.1) is 23.1 Å². The fourth-order valence-electron chi connectivity index (χ4n) is 2.78. The summed E-state index contributed by atoms with van der Waals surface area (Å²) in [4.78, 5) is 13.1. The molecule has 1 aliphatic carbocycles. The number of H-pyrrole nitrogens is 1. The summed E-state index contributed by atoms with van der Waals surface area (Å²) in [6.45, 7) is 0.720. The van der Waals surface area contributed by atoms with Crippen LogP contribution in [0.2, 0.25) is 0 Å². The van der Waals surface area contributed by atoms with Gasteiger partial charge in [-0.25, -0.2) is 9.97 Å². The number of nitrogens with two attached hydrogens (primary N) is 1. The molecule has 124 valence electrons. The van der Waals surface area contributed by atoms with Crippen LogP contribution in [-0.4, -0.2) is 29.4 Å². The van der Waals surface area contributed by atoms with E-state index in [4.69, 9.17) is 15.5 Å². The number of hydrogen-bond acceptors (Lipinski definition) is 6. The van der Waals surface area contributed by atoms with Crippen LogP contribution >= 0.6 is 23.1 Å². The monoisotopic (exact) mass is 359 g/mol. The Labute approximate surface area is 148 Å². The highest BCUT2D eigenvalue weighted by Crippen LogP contribution is 2.49. The average Bonchev–Trinajstić information content (AvgIpc) is 3.41. The highest BCUT2D eigenvalue weighted by molar-refractivity contribution is 8.01. The SMILES string of the molecule is COCCSc1sc2nc(-c3cnc[nH+]c3)cc(C3CC3)c2c1N. The van der Waals surface area contributed by atoms with Crippen molar-refractivity contribution in [1.82, 2.24) is 9.97 Å². The molecule has 0 radical (unpaired) electrons. The molecule has 0 bridgehead atoms. The number of nitrogens with zero attached hydrogens (tertiary/aromatic N) is 2. The number of ether oxygens (including phenoxy) is 1. The van der Waals surface area contributed by atoms with Gasteiger partial charge in [-0.2, -0.15) is 0 Å². The Hall–Kier alpha value is -1.70. The number of fused-ring (bicyclic) bond motifs is 1. The molecule has 4 rings (SSSR count). The van der Waals surface area contributed by atoms with Gasteiger partial charge in [-0.05, 0) is 30.4 Å². The zero-order chi connectivity index (χ0) is 16.5. The molecule has 0 saturated heterocycles. The number of thioether (sulfide) groups is 1. The second-order valence-electron chi connectivity index (χ2n) is 5.87. The van der Waals surface area contributed by atoms with Crippen LogP contribution in [0.1, 0.15) is 24.3 Å². The fourth-order valence-corrected chi connectivity index (χ4v) is 5.06. The number of anilines is 1. The maximum atomic E-state index is 6.47. The number of hydrogen-bond donors (Lipinski definition) is 1. The van der Waals surface area contributed by atoms with Gasteiger partial charge in [0.05, 0.1) is 27.8 Å². The Balaban J connectivity index is 1.81. The van der Waals surface area contributed by atoms with Gasteiger partial charge in [0, 0.05) is 18.2 Å². The minimum Gasteiger partial charge on any atom is -0.397 e. The second-order valence-corrected chi connectivity index (χ2v) is 8.23. The highest BCUT2D eigenvalue weighted by Gasteiger charge is 2.29. The highest BCUT2D eigenvalue weighted by atomic mass is 32.2. The maximum Gasteiger partial charge on any atom is 0.283 e. The molecule has 5 nitrogen and oxygen atoms in total. The van der Waals surface area contributed by atoms with Crippen LogP contribution in [0.3, 0.4) is 0 Å². The molecule has 3 N–H and O–H groups in total. The van der Waals surface area contributed by atoms with E-state index in [-0.39, 0.29) is 0 Å². The topological polar surface area (TPSA) is 75.2 Å². The third-order valence-corrected chi connectivity index (χ3v) is 6.48. The first-order valence-electron chi connectivity index (χ1n) is 7.94. The van der Waals surface area contributed by atoms with E-state index in [9.17, 15) is 0 Å². The van der Waals surface area contributed by atoms with Crippen molar-refractivity contribution < 1.29 is 9.72 Å². The van der Waals surface area contributed by atoms with Crippen LogP contribution in [0.25, 0.3) is 21.5 Å². The summed E-state index contributed by atoms with van der Waals surface area (Å²) in [5.41, 5.74) is 10.7. The molecule has 3 aromatic heterocycles. The van der Waals surface area contributed by atoms with Crippen LogP contribution in [0, 0.1) is 0 Å². The molecule has 24 heavy (non-hydrogen) atoms. The van der Waals surface area contributed by atoms with Gasteiger partial charge in [0.15, 0.2) is 6.20 Å². The number of methoxy groups -OCH3 is 1. The van der Waals surface area contributed by atoms with Crippen LogP contribution in [0.15, 0.2) is 29.0 Å². The molecule has 3 heterocycles. The third-order valence-electron chi connectivity index (χ3n) is 4.13. The van der Waals surface area contributed by atoms with Crippen LogP contribution in [0.5, 0.6) is 0 Å². The molecular weight excluding hydrogens is 340 g/mol. The lowest BCUT2D eigenvalue weighted by molar-refractivity contribution is -0.382. The van der Waals surface area contributed by atoms with Crippen molar-refractivity contribution in [3.05, 3.63) is 30.4 Å². The third kappa shape index (κ3) is 2.99. The number of aromatic nitrogens is 3. The maximum absolute atomic E-state index is 6.47. The van der Waals surface area contributed by atoms with Gasteiger partial charge in [-0.3, -0.25) is 0 Å². The number of rotatable bonds is 6. The molecular formula is C17H19N4OS2+. The normalized spacial score (nSPS) is 14.4. The number of nitrogen functional groups attached to an aromatic ring is 1. The lowest BCUT2D eigenvalue weighted by Crippen LogP contribution is -2.02. The minimum atomic E-state index is 0.614. The predicted octanol–water partition coefficient (Wildman–Crippen LogP) is 3.37. The number of nitrogens with one attached hydrogen (secondary N) is 1.